The van der Waals surface area contributed by atoms with Gasteiger partial charge in [-0.2, -0.15) is 0 Å². The van der Waals surface area contributed by atoms with Gasteiger partial charge in [-0.3, -0.25) is 4.90 Å². The number of hydrogen-bond donors (Lipinski definition) is 1. The number of benzene rings is 1. The standard InChI is InChI=1S/C14H21NO/c1-12(9-13-5-3-2-4-6-13)15-8-7-14(10-15)11-16/h2-6,12,14,16H,7-11H2,1H3/t12-,14-/m1/s1. The smallest absolute Gasteiger partial charge is 0.0471 e. The van der Waals surface area contributed by atoms with Crippen LogP contribution in [0.25, 0.3) is 0 Å². The summed E-state index contributed by atoms with van der Waals surface area (Å²) in [4.78, 5) is 2.49. The highest BCUT2D eigenvalue weighted by Crippen LogP contribution is 2.19. The maximum absolute atomic E-state index is 9.13. The van der Waals surface area contributed by atoms with Crippen molar-refractivity contribution in [2.45, 2.75) is 25.8 Å². The van der Waals surface area contributed by atoms with Crippen LogP contribution in [0.1, 0.15) is 18.9 Å². The second-order valence-corrected chi connectivity index (χ2v) is 4.87. The molecule has 1 aromatic carbocycles. The summed E-state index contributed by atoms with van der Waals surface area (Å²) in [6, 6.07) is 11.2. The third-order valence-corrected chi connectivity index (χ3v) is 3.57. The van der Waals surface area contributed by atoms with E-state index in [0.29, 0.717) is 18.6 Å². The molecule has 0 unspecified atom stereocenters. The molecule has 0 bridgehead atoms. The molecule has 1 fully saturated rings. The van der Waals surface area contributed by atoms with Gasteiger partial charge in [0.1, 0.15) is 0 Å². The van der Waals surface area contributed by atoms with Gasteiger partial charge in [0.25, 0.3) is 0 Å². The fourth-order valence-electron chi connectivity index (χ4n) is 2.50. The number of rotatable bonds is 4. The van der Waals surface area contributed by atoms with Crippen LogP contribution in [-0.4, -0.2) is 35.7 Å². The molecule has 16 heavy (non-hydrogen) atoms. The van der Waals surface area contributed by atoms with Crippen molar-refractivity contribution >= 4 is 0 Å². The topological polar surface area (TPSA) is 23.5 Å². The van der Waals surface area contributed by atoms with Gasteiger partial charge < -0.3 is 5.11 Å². The molecular weight excluding hydrogens is 198 g/mol. The minimum atomic E-state index is 0.342. The summed E-state index contributed by atoms with van der Waals surface area (Å²) in [7, 11) is 0. The zero-order chi connectivity index (χ0) is 11.4. The Hall–Kier alpha value is -0.860. The fourth-order valence-corrected chi connectivity index (χ4v) is 2.50. The highest BCUT2D eigenvalue weighted by molar-refractivity contribution is 5.15. The van der Waals surface area contributed by atoms with Crippen LogP contribution in [0, 0.1) is 5.92 Å². The van der Waals surface area contributed by atoms with Gasteiger partial charge in [0.2, 0.25) is 0 Å². The molecule has 0 radical (unpaired) electrons. The molecule has 1 aliphatic rings. The highest BCUT2D eigenvalue weighted by Gasteiger charge is 2.25. The van der Waals surface area contributed by atoms with Gasteiger partial charge in [0.05, 0.1) is 0 Å². The lowest BCUT2D eigenvalue weighted by Crippen LogP contribution is -2.32. The van der Waals surface area contributed by atoms with Crippen LogP contribution in [0.15, 0.2) is 30.3 Å². The van der Waals surface area contributed by atoms with Crippen LogP contribution in [-0.2, 0) is 6.42 Å². The molecule has 0 saturated carbocycles. The Kier molecular flexibility index (Phi) is 3.97. The van der Waals surface area contributed by atoms with Gasteiger partial charge in [0, 0.05) is 19.2 Å². The average molecular weight is 219 g/mol. The van der Waals surface area contributed by atoms with E-state index in [1.165, 1.54) is 5.56 Å². The predicted octanol–water partition coefficient (Wildman–Crippen LogP) is 1.93. The van der Waals surface area contributed by atoms with E-state index < -0.39 is 0 Å². The lowest BCUT2D eigenvalue weighted by atomic mass is 10.1. The lowest BCUT2D eigenvalue weighted by Gasteiger charge is -2.24. The SMILES string of the molecule is C[C@H](Cc1ccccc1)N1CC[C@@H](CO)C1. The van der Waals surface area contributed by atoms with E-state index in [1.54, 1.807) is 0 Å². The second kappa shape index (κ2) is 5.46. The summed E-state index contributed by atoms with van der Waals surface area (Å²) in [6.07, 6.45) is 2.26. The molecule has 2 rings (SSSR count). The number of likely N-dealkylation sites (tertiary alicyclic amines) is 1. The van der Waals surface area contributed by atoms with E-state index in [1.807, 2.05) is 0 Å². The van der Waals surface area contributed by atoms with E-state index in [4.69, 9.17) is 5.11 Å². The van der Waals surface area contributed by atoms with Crippen molar-refractivity contribution < 1.29 is 5.11 Å². The minimum Gasteiger partial charge on any atom is -0.396 e. The normalized spacial score (nSPS) is 23.5. The zero-order valence-electron chi connectivity index (χ0n) is 9.97. The van der Waals surface area contributed by atoms with Gasteiger partial charge in [-0.25, -0.2) is 0 Å². The number of nitrogens with zero attached hydrogens (tertiary/aromatic N) is 1. The molecule has 2 atom stereocenters. The van der Waals surface area contributed by atoms with E-state index in [9.17, 15) is 0 Å². The van der Waals surface area contributed by atoms with Gasteiger partial charge in [-0.05, 0) is 37.8 Å². The maximum Gasteiger partial charge on any atom is 0.0471 e. The third-order valence-electron chi connectivity index (χ3n) is 3.57. The van der Waals surface area contributed by atoms with Gasteiger partial charge in [0.15, 0.2) is 0 Å². The van der Waals surface area contributed by atoms with Crippen molar-refractivity contribution in [1.82, 2.24) is 4.90 Å². The molecule has 1 heterocycles. The molecule has 88 valence electrons. The maximum atomic E-state index is 9.13. The zero-order valence-corrected chi connectivity index (χ0v) is 9.97. The Morgan fingerprint density at radius 3 is 2.75 bits per heavy atom. The summed E-state index contributed by atoms with van der Waals surface area (Å²) in [5, 5.41) is 9.13. The van der Waals surface area contributed by atoms with Crippen LogP contribution in [0.2, 0.25) is 0 Å². The number of aliphatic hydroxyl groups excluding tert-OH is 1. The first kappa shape index (κ1) is 11.6. The van der Waals surface area contributed by atoms with Crippen molar-refractivity contribution in [1.29, 1.82) is 0 Å². The summed E-state index contributed by atoms with van der Waals surface area (Å²) in [5.74, 6) is 0.498. The minimum absolute atomic E-state index is 0.342. The lowest BCUT2D eigenvalue weighted by molar-refractivity contribution is 0.203. The monoisotopic (exact) mass is 219 g/mol. The van der Waals surface area contributed by atoms with Crippen molar-refractivity contribution in [2.75, 3.05) is 19.7 Å². The molecule has 1 saturated heterocycles. The van der Waals surface area contributed by atoms with Crippen molar-refractivity contribution in [3.05, 3.63) is 35.9 Å². The van der Waals surface area contributed by atoms with Crippen molar-refractivity contribution in [2.24, 2.45) is 5.92 Å². The quantitative estimate of drug-likeness (QED) is 0.836. The van der Waals surface area contributed by atoms with E-state index in [0.717, 1.165) is 25.9 Å². The van der Waals surface area contributed by atoms with Gasteiger partial charge in [-0.1, -0.05) is 30.3 Å². The average Bonchev–Trinajstić information content (AvgIpc) is 2.79. The molecule has 0 spiro atoms. The Balaban J connectivity index is 1.87. The molecule has 2 nitrogen and oxygen atoms in total. The summed E-state index contributed by atoms with van der Waals surface area (Å²) < 4.78 is 0. The first-order valence-corrected chi connectivity index (χ1v) is 6.18. The van der Waals surface area contributed by atoms with Crippen molar-refractivity contribution in [3.63, 3.8) is 0 Å². The summed E-state index contributed by atoms with van der Waals surface area (Å²) in [6.45, 7) is 4.82. The number of hydrogen-bond acceptors (Lipinski definition) is 2. The van der Waals surface area contributed by atoms with E-state index in [2.05, 4.69) is 42.2 Å². The number of aliphatic hydroxyl groups is 1. The van der Waals surface area contributed by atoms with Crippen LogP contribution < -0.4 is 0 Å². The van der Waals surface area contributed by atoms with Crippen LogP contribution in [0.4, 0.5) is 0 Å². The Morgan fingerprint density at radius 2 is 2.12 bits per heavy atom. The molecule has 2 heteroatoms. The third kappa shape index (κ3) is 2.83. The fraction of sp³-hybridized carbons (Fsp3) is 0.571. The Labute approximate surface area is 97.9 Å². The second-order valence-electron chi connectivity index (χ2n) is 4.87. The molecule has 1 N–H and O–H groups in total. The highest BCUT2D eigenvalue weighted by atomic mass is 16.3. The van der Waals surface area contributed by atoms with Crippen molar-refractivity contribution in [3.8, 4) is 0 Å². The molecule has 0 aromatic heterocycles. The molecule has 1 aliphatic heterocycles. The molecule has 0 amide bonds. The van der Waals surface area contributed by atoms with Gasteiger partial charge >= 0.3 is 0 Å². The van der Waals surface area contributed by atoms with E-state index in [-0.39, 0.29) is 0 Å². The molecule has 1 aromatic rings. The van der Waals surface area contributed by atoms with E-state index >= 15 is 0 Å². The Morgan fingerprint density at radius 1 is 1.38 bits per heavy atom. The molecule has 0 aliphatic carbocycles. The van der Waals surface area contributed by atoms with Crippen LogP contribution in [0.3, 0.4) is 0 Å². The van der Waals surface area contributed by atoms with Gasteiger partial charge in [-0.15, -0.1) is 0 Å². The molecular formula is C14H21NO. The first-order chi connectivity index (χ1) is 7.79. The predicted molar refractivity (Wildman–Crippen MR) is 66.4 cm³/mol. The summed E-state index contributed by atoms with van der Waals surface area (Å²) >= 11 is 0. The largest absolute Gasteiger partial charge is 0.396 e. The first-order valence-electron chi connectivity index (χ1n) is 6.18. The Bertz CT molecular complexity index is 312. The van der Waals surface area contributed by atoms with Crippen LogP contribution in [0.5, 0.6) is 0 Å². The summed E-state index contributed by atoms with van der Waals surface area (Å²) in [5.41, 5.74) is 1.41. The van der Waals surface area contributed by atoms with Crippen LogP contribution >= 0.6 is 0 Å².